The number of aldehydes is 1. The summed E-state index contributed by atoms with van der Waals surface area (Å²) in [6.07, 6.45) is 0.558. The quantitative estimate of drug-likeness (QED) is 0.468. The summed E-state index contributed by atoms with van der Waals surface area (Å²) in [6, 6.07) is 2.57. The number of ether oxygens (including phenoxy) is 2. The van der Waals surface area contributed by atoms with Crippen molar-refractivity contribution in [3.63, 3.8) is 0 Å². The summed E-state index contributed by atoms with van der Waals surface area (Å²) in [5, 5.41) is 8.65. The molecule has 6 heteroatoms. The zero-order chi connectivity index (χ0) is 12.4. The average molecular weight is 236 g/mol. The number of aliphatic carboxylic acids is 1. The summed E-state index contributed by atoms with van der Waals surface area (Å²) in [6.45, 7) is 0.452. The van der Waals surface area contributed by atoms with Crippen LogP contribution in [0.4, 0.5) is 0 Å². The molecule has 17 heavy (non-hydrogen) atoms. The van der Waals surface area contributed by atoms with E-state index in [1.54, 1.807) is 0 Å². The molecule has 0 aliphatic carbocycles. The Bertz CT molecular complexity index is 505. The van der Waals surface area contributed by atoms with Crippen LogP contribution in [0.5, 0.6) is 11.5 Å². The van der Waals surface area contributed by atoms with E-state index in [1.807, 2.05) is 0 Å². The van der Waals surface area contributed by atoms with Gasteiger partial charge in [-0.3, -0.25) is 9.59 Å². The molecule has 6 nitrogen and oxygen atoms in total. The van der Waals surface area contributed by atoms with E-state index in [0.29, 0.717) is 6.29 Å². The minimum absolute atomic E-state index is 0.0215. The van der Waals surface area contributed by atoms with E-state index in [4.69, 9.17) is 14.6 Å². The van der Waals surface area contributed by atoms with Crippen LogP contribution in [0.25, 0.3) is 0 Å². The smallest absolute Gasteiger partial charge is 0.377 e. The molecule has 0 fully saturated rings. The van der Waals surface area contributed by atoms with Crippen molar-refractivity contribution in [3.05, 3.63) is 23.3 Å². The van der Waals surface area contributed by atoms with Gasteiger partial charge in [-0.2, -0.15) is 0 Å². The highest BCUT2D eigenvalue weighted by atomic mass is 16.6. The van der Waals surface area contributed by atoms with Crippen LogP contribution < -0.4 is 9.47 Å². The zero-order valence-electron chi connectivity index (χ0n) is 8.63. The molecule has 0 spiro atoms. The van der Waals surface area contributed by atoms with Crippen LogP contribution in [0.2, 0.25) is 0 Å². The summed E-state index contributed by atoms with van der Waals surface area (Å²) >= 11 is 0. The van der Waals surface area contributed by atoms with Crippen LogP contribution in [-0.2, 0) is 4.79 Å². The van der Waals surface area contributed by atoms with Crippen molar-refractivity contribution >= 4 is 18.0 Å². The predicted octanol–water partition coefficient (Wildman–Crippen LogP) is 0.538. The monoisotopic (exact) mass is 236 g/mol. The molecule has 0 amide bonds. The highest BCUT2D eigenvalue weighted by Gasteiger charge is 2.26. The predicted molar refractivity (Wildman–Crippen MR) is 54.8 cm³/mol. The number of benzene rings is 1. The number of carboxylic acids is 1. The number of rotatable bonds is 3. The summed E-state index contributed by atoms with van der Waals surface area (Å²) in [5.41, 5.74) is 0.111. The van der Waals surface area contributed by atoms with Crippen LogP contribution >= 0.6 is 0 Å². The first kappa shape index (κ1) is 11.1. The number of carboxylic acid groups (broad SMARTS) is 1. The number of hydrogen-bond donors (Lipinski definition) is 1. The Balaban J connectivity index is 2.59. The van der Waals surface area contributed by atoms with E-state index in [0.717, 1.165) is 0 Å². The minimum Gasteiger partial charge on any atom is -0.485 e. The molecule has 1 aliphatic heterocycles. The van der Waals surface area contributed by atoms with Crippen LogP contribution in [0.1, 0.15) is 20.7 Å². The highest BCUT2D eigenvalue weighted by molar-refractivity contribution is 6.40. The largest absolute Gasteiger partial charge is 0.485 e. The second kappa shape index (κ2) is 4.25. The lowest BCUT2D eigenvalue weighted by molar-refractivity contribution is -0.131. The van der Waals surface area contributed by atoms with Gasteiger partial charge in [0.1, 0.15) is 13.2 Å². The van der Waals surface area contributed by atoms with E-state index < -0.39 is 11.8 Å². The van der Waals surface area contributed by atoms with Crippen molar-refractivity contribution < 1.29 is 29.0 Å². The fraction of sp³-hybridized carbons (Fsp3) is 0.182. The van der Waals surface area contributed by atoms with Gasteiger partial charge in [0.05, 0.1) is 11.1 Å². The Morgan fingerprint density at radius 3 is 2.41 bits per heavy atom. The van der Waals surface area contributed by atoms with Gasteiger partial charge in [0, 0.05) is 0 Å². The Morgan fingerprint density at radius 1 is 1.18 bits per heavy atom. The number of carbonyl (C=O) groups is 3. The lowest BCUT2D eigenvalue weighted by Gasteiger charge is -2.21. The van der Waals surface area contributed by atoms with Gasteiger partial charge in [-0.05, 0) is 12.1 Å². The van der Waals surface area contributed by atoms with Crippen LogP contribution in [-0.4, -0.2) is 36.4 Å². The van der Waals surface area contributed by atoms with Gasteiger partial charge in [0.2, 0.25) is 0 Å². The molecule has 0 saturated heterocycles. The third kappa shape index (κ3) is 1.84. The Labute approximate surface area is 95.8 Å². The first-order valence-electron chi connectivity index (χ1n) is 4.80. The number of Topliss-reactive ketones (excluding diaryl/α,β-unsaturated/α-hetero) is 1. The van der Waals surface area contributed by atoms with Crippen LogP contribution in [0.3, 0.4) is 0 Å². The lowest BCUT2D eigenvalue weighted by atomic mass is 10.1. The Morgan fingerprint density at radius 2 is 1.82 bits per heavy atom. The lowest BCUT2D eigenvalue weighted by Crippen LogP contribution is -2.21. The SMILES string of the molecule is O=Cc1ccc(C(=O)C(=O)O)c2c1OCCO2. The molecule has 0 unspecified atom stereocenters. The van der Waals surface area contributed by atoms with Crippen molar-refractivity contribution in [1.82, 2.24) is 0 Å². The summed E-state index contributed by atoms with van der Waals surface area (Å²) in [7, 11) is 0. The van der Waals surface area contributed by atoms with Gasteiger partial charge in [-0.1, -0.05) is 0 Å². The molecule has 1 aromatic rings. The maximum absolute atomic E-state index is 11.4. The molecule has 0 saturated carbocycles. The molecule has 1 aromatic carbocycles. The maximum Gasteiger partial charge on any atom is 0.377 e. The van der Waals surface area contributed by atoms with E-state index in [-0.39, 0.29) is 35.8 Å². The van der Waals surface area contributed by atoms with Crippen molar-refractivity contribution in [3.8, 4) is 11.5 Å². The molecule has 1 aliphatic rings. The van der Waals surface area contributed by atoms with Gasteiger partial charge in [-0.25, -0.2) is 4.79 Å². The molecule has 0 atom stereocenters. The van der Waals surface area contributed by atoms with Gasteiger partial charge in [0.15, 0.2) is 17.8 Å². The molecule has 0 aromatic heterocycles. The molecule has 1 N–H and O–H groups in total. The van der Waals surface area contributed by atoms with E-state index in [1.165, 1.54) is 12.1 Å². The van der Waals surface area contributed by atoms with Crippen LogP contribution in [0, 0.1) is 0 Å². The number of carbonyl (C=O) groups excluding carboxylic acids is 2. The first-order chi connectivity index (χ1) is 8.15. The zero-order valence-corrected chi connectivity index (χ0v) is 8.63. The third-order valence-electron chi connectivity index (χ3n) is 2.28. The number of ketones is 1. The second-order valence-electron chi connectivity index (χ2n) is 3.31. The van der Waals surface area contributed by atoms with Gasteiger partial charge in [0.25, 0.3) is 5.78 Å². The number of fused-ring (bicyclic) bond motifs is 1. The fourth-order valence-corrected chi connectivity index (χ4v) is 1.54. The van der Waals surface area contributed by atoms with Crippen LogP contribution in [0.15, 0.2) is 12.1 Å². The summed E-state index contributed by atoms with van der Waals surface area (Å²) in [4.78, 5) is 32.8. The molecule has 1 heterocycles. The van der Waals surface area contributed by atoms with Crippen molar-refractivity contribution in [2.24, 2.45) is 0 Å². The van der Waals surface area contributed by atoms with Gasteiger partial charge < -0.3 is 14.6 Å². The van der Waals surface area contributed by atoms with E-state index >= 15 is 0 Å². The van der Waals surface area contributed by atoms with Gasteiger partial charge >= 0.3 is 5.97 Å². The molecule has 2 rings (SSSR count). The van der Waals surface area contributed by atoms with E-state index in [9.17, 15) is 14.4 Å². The Hall–Kier alpha value is -2.37. The van der Waals surface area contributed by atoms with E-state index in [2.05, 4.69) is 0 Å². The Kier molecular flexibility index (Phi) is 2.78. The maximum atomic E-state index is 11.4. The van der Waals surface area contributed by atoms with Gasteiger partial charge in [-0.15, -0.1) is 0 Å². The molecule has 88 valence electrons. The first-order valence-corrected chi connectivity index (χ1v) is 4.80. The highest BCUT2D eigenvalue weighted by Crippen LogP contribution is 2.36. The average Bonchev–Trinajstić information content (AvgIpc) is 2.36. The molecule has 0 radical (unpaired) electrons. The van der Waals surface area contributed by atoms with Crippen molar-refractivity contribution in [2.45, 2.75) is 0 Å². The fourth-order valence-electron chi connectivity index (χ4n) is 1.54. The minimum atomic E-state index is -1.58. The number of hydrogen-bond acceptors (Lipinski definition) is 5. The standard InChI is InChI=1S/C11H8O6/c12-5-6-1-2-7(8(13)11(14)15)10-9(6)16-3-4-17-10/h1-2,5H,3-4H2,(H,14,15). The second-order valence-corrected chi connectivity index (χ2v) is 3.31. The molecular formula is C11H8O6. The van der Waals surface area contributed by atoms with Crippen molar-refractivity contribution in [2.75, 3.05) is 13.2 Å². The third-order valence-corrected chi connectivity index (χ3v) is 2.28. The molecule has 0 bridgehead atoms. The molecular weight excluding hydrogens is 228 g/mol. The normalized spacial score (nSPS) is 12.9. The van der Waals surface area contributed by atoms with Crippen molar-refractivity contribution in [1.29, 1.82) is 0 Å². The summed E-state index contributed by atoms with van der Waals surface area (Å²) < 4.78 is 10.4. The summed E-state index contributed by atoms with van der Waals surface area (Å²) in [5.74, 6) is -2.53. The topological polar surface area (TPSA) is 89.9 Å².